The molecule has 4 rings (SSSR count). The van der Waals surface area contributed by atoms with Gasteiger partial charge in [0.2, 0.25) is 17.7 Å². The van der Waals surface area contributed by atoms with Crippen molar-refractivity contribution in [2.45, 2.75) is 68.0 Å². The number of likely N-dealkylation sites (tertiary alicyclic amines) is 1. The molecular formula is C25H35N3O5S. The lowest BCUT2D eigenvalue weighted by Crippen LogP contribution is -2.54. The predicted molar refractivity (Wildman–Crippen MR) is 132 cm³/mol. The number of hydrogen-bond donors (Lipinski definition) is 3. The monoisotopic (exact) mass is 489 g/mol. The lowest BCUT2D eigenvalue weighted by molar-refractivity contribution is -0.142. The second-order valence-corrected chi connectivity index (χ2v) is 11.6. The highest BCUT2D eigenvalue weighted by atomic mass is 32.2. The van der Waals surface area contributed by atoms with Crippen LogP contribution in [0.1, 0.15) is 46.5 Å². The quantitative estimate of drug-likeness (QED) is 0.492. The Kier molecular flexibility index (Phi) is 6.88. The SMILES string of the molecule is CCCNC(=O)[C@@H]1[C@H]2C(=O)N([C@@H](CC)CO)C(C(=O)Nc3ccc(OC)cc3)C23CC[C@@]1(C)S3. The molecule has 186 valence electrons. The van der Waals surface area contributed by atoms with Crippen LogP contribution in [-0.2, 0) is 14.4 Å². The van der Waals surface area contributed by atoms with Gasteiger partial charge in [0.15, 0.2) is 0 Å². The zero-order valence-electron chi connectivity index (χ0n) is 20.3. The Balaban J connectivity index is 1.72. The van der Waals surface area contributed by atoms with E-state index in [0.29, 0.717) is 30.8 Å². The van der Waals surface area contributed by atoms with Crippen molar-refractivity contribution in [2.24, 2.45) is 11.8 Å². The average molecular weight is 490 g/mol. The molecule has 9 heteroatoms. The molecule has 3 N–H and O–H groups in total. The molecule has 3 aliphatic rings. The predicted octanol–water partition coefficient (Wildman–Crippen LogP) is 2.41. The molecule has 1 spiro atoms. The van der Waals surface area contributed by atoms with Gasteiger partial charge in [-0.3, -0.25) is 14.4 Å². The van der Waals surface area contributed by atoms with Gasteiger partial charge in [-0.1, -0.05) is 13.8 Å². The number of thioether (sulfide) groups is 1. The summed E-state index contributed by atoms with van der Waals surface area (Å²) in [4.78, 5) is 42.6. The number of ether oxygens (including phenoxy) is 1. The fraction of sp³-hybridized carbons (Fsp3) is 0.640. The van der Waals surface area contributed by atoms with Gasteiger partial charge >= 0.3 is 0 Å². The zero-order chi connectivity index (χ0) is 24.7. The number of carbonyl (C=O) groups excluding carboxylic acids is 3. The molecule has 0 saturated carbocycles. The molecule has 1 aromatic rings. The number of rotatable bonds is 9. The molecule has 0 aliphatic carbocycles. The van der Waals surface area contributed by atoms with Crippen molar-refractivity contribution in [2.75, 3.05) is 25.6 Å². The largest absolute Gasteiger partial charge is 0.497 e. The number of amides is 3. The molecule has 34 heavy (non-hydrogen) atoms. The Morgan fingerprint density at radius 1 is 1.24 bits per heavy atom. The summed E-state index contributed by atoms with van der Waals surface area (Å²) in [6, 6.07) is 5.81. The molecule has 2 unspecified atom stereocenters. The molecular weight excluding hydrogens is 454 g/mol. The zero-order valence-corrected chi connectivity index (χ0v) is 21.1. The van der Waals surface area contributed by atoms with E-state index in [4.69, 9.17) is 4.74 Å². The molecule has 3 fully saturated rings. The number of benzene rings is 1. The molecule has 3 heterocycles. The highest BCUT2D eigenvalue weighted by Gasteiger charge is 2.77. The van der Waals surface area contributed by atoms with Crippen molar-refractivity contribution in [3.05, 3.63) is 24.3 Å². The number of hydrogen-bond acceptors (Lipinski definition) is 6. The van der Waals surface area contributed by atoms with Crippen LogP contribution in [-0.4, -0.2) is 69.6 Å². The first-order chi connectivity index (χ1) is 16.3. The highest BCUT2D eigenvalue weighted by Crippen LogP contribution is 2.71. The summed E-state index contributed by atoms with van der Waals surface area (Å²) in [5.74, 6) is -0.977. The molecule has 3 saturated heterocycles. The fourth-order valence-electron chi connectivity index (χ4n) is 6.11. The molecule has 6 atom stereocenters. The minimum absolute atomic E-state index is 0.106. The van der Waals surface area contributed by atoms with Crippen LogP contribution in [0.4, 0.5) is 5.69 Å². The summed E-state index contributed by atoms with van der Waals surface area (Å²) in [5.41, 5.74) is 0.607. The Morgan fingerprint density at radius 3 is 2.53 bits per heavy atom. The maximum absolute atomic E-state index is 13.9. The Labute approximate surface area is 205 Å². The Morgan fingerprint density at radius 2 is 1.94 bits per heavy atom. The smallest absolute Gasteiger partial charge is 0.248 e. The van der Waals surface area contributed by atoms with E-state index < -0.39 is 33.4 Å². The number of nitrogens with one attached hydrogen (secondary N) is 2. The third kappa shape index (κ3) is 3.77. The van der Waals surface area contributed by atoms with Crippen LogP contribution >= 0.6 is 11.8 Å². The highest BCUT2D eigenvalue weighted by molar-refractivity contribution is 8.02. The van der Waals surface area contributed by atoms with E-state index in [1.165, 1.54) is 0 Å². The summed E-state index contributed by atoms with van der Waals surface area (Å²) in [6.07, 6.45) is 2.78. The van der Waals surface area contributed by atoms with Gasteiger partial charge in [-0.15, -0.1) is 11.8 Å². The Bertz CT molecular complexity index is 952. The van der Waals surface area contributed by atoms with E-state index >= 15 is 0 Å². The van der Waals surface area contributed by atoms with E-state index in [9.17, 15) is 19.5 Å². The standard InChI is InChI=1S/C25H35N3O5S/c1-5-13-26-21(30)18-19-23(32)28(16(6-2)14-29)20(25(19)12-11-24(18,3)34-25)22(31)27-15-7-9-17(33-4)10-8-15/h7-10,16,18-20,29H,5-6,11-14H2,1-4H3,(H,26,30)(H,27,31)/t16-,18-,19-,20?,24+,25?/m0/s1. The number of carbonyl (C=O) groups is 3. The first-order valence-corrected chi connectivity index (χ1v) is 12.9. The summed E-state index contributed by atoms with van der Waals surface area (Å²) < 4.78 is 4.11. The van der Waals surface area contributed by atoms with Crippen LogP contribution < -0.4 is 15.4 Å². The number of fused-ring (bicyclic) bond motifs is 1. The van der Waals surface area contributed by atoms with Crippen LogP contribution in [0.5, 0.6) is 5.75 Å². The van der Waals surface area contributed by atoms with E-state index in [2.05, 4.69) is 17.6 Å². The van der Waals surface area contributed by atoms with E-state index in [1.54, 1.807) is 48.0 Å². The van der Waals surface area contributed by atoms with Gasteiger partial charge in [-0.25, -0.2) is 0 Å². The van der Waals surface area contributed by atoms with Crippen LogP contribution in [0.25, 0.3) is 0 Å². The van der Waals surface area contributed by atoms with Gasteiger partial charge in [-0.05, 0) is 56.9 Å². The van der Waals surface area contributed by atoms with Gasteiger partial charge < -0.3 is 25.4 Å². The van der Waals surface area contributed by atoms with Crippen LogP contribution in [0.2, 0.25) is 0 Å². The first-order valence-electron chi connectivity index (χ1n) is 12.1. The second-order valence-electron chi connectivity index (χ2n) is 9.73. The number of aliphatic hydroxyl groups excluding tert-OH is 1. The maximum atomic E-state index is 13.9. The van der Waals surface area contributed by atoms with Gasteiger partial charge in [0, 0.05) is 17.0 Å². The van der Waals surface area contributed by atoms with E-state index in [1.807, 2.05) is 13.8 Å². The van der Waals surface area contributed by atoms with Gasteiger partial charge in [0.05, 0.1) is 36.3 Å². The van der Waals surface area contributed by atoms with E-state index in [0.717, 1.165) is 12.8 Å². The fourth-order valence-corrected chi connectivity index (χ4v) is 8.46. The number of anilines is 1. The van der Waals surface area contributed by atoms with Crippen LogP contribution in [0.15, 0.2) is 24.3 Å². The molecule has 0 aromatic heterocycles. The van der Waals surface area contributed by atoms with Crippen molar-refractivity contribution in [3.8, 4) is 5.75 Å². The summed E-state index contributed by atoms with van der Waals surface area (Å²) in [6.45, 7) is 6.28. The molecule has 3 aliphatic heterocycles. The van der Waals surface area contributed by atoms with Crippen LogP contribution in [0.3, 0.4) is 0 Å². The summed E-state index contributed by atoms with van der Waals surface area (Å²) >= 11 is 1.63. The minimum atomic E-state index is -0.764. The molecule has 1 aromatic carbocycles. The van der Waals surface area contributed by atoms with Crippen molar-refractivity contribution in [1.29, 1.82) is 0 Å². The van der Waals surface area contributed by atoms with Gasteiger partial charge in [0.1, 0.15) is 11.8 Å². The van der Waals surface area contributed by atoms with Crippen molar-refractivity contribution >= 4 is 35.2 Å². The topological polar surface area (TPSA) is 108 Å². The lowest BCUT2D eigenvalue weighted by atomic mass is 9.66. The third-order valence-corrected chi connectivity index (χ3v) is 9.71. The van der Waals surface area contributed by atoms with E-state index in [-0.39, 0.29) is 24.3 Å². The number of methoxy groups -OCH3 is 1. The lowest BCUT2D eigenvalue weighted by Gasteiger charge is -2.36. The molecule has 8 nitrogen and oxygen atoms in total. The van der Waals surface area contributed by atoms with Gasteiger partial charge in [-0.2, -0.15) is 0 Å². The molecule has 0 radical (unpaired) electrons. The van der Waals surface area contributed by atoms with Crippen molar-refractivity contribution in [1.82, 2.24) is 10.2 Å². The summed E-state index contributed by atoms with van der Waals surface area (Å²) in [5, 5.41) is 16.1. The van der Waals surface area contributed by atoms with Crippen molar-refractivity contribution < 1.29 is 24.2 Å². The van der Waals surface area contributed by atoms with Crippen molar-refractivity contribution in [3.63, 3.8) is 0 Å². The second kappa shape index (κ2) is 9.41. The minimum Gasteiger partial charge on any atom is -0.497 e. The number of nitrogens with zero attached hydrogens (tertiary/aromatic N) is 1. The first kappa shape index (κ1) is 24.9. The molecule has 3 amide bonds. The third-order valence-electron chi connectivity index (χ3n) is 7.73. The van der Waals surface area contributed by atoms with Crippen LogP contribution in [0, 0.1) is 11.8 Å². The Hall–Kier alpha value is -2.26. The number of aliphatic hydroxyl groups is 1. The molecule has 2 bridgehead atoms. The van der Waals surface area contributed by atoms with Gasteiger partial charge in [0.25, 0.3) is 0 Å². The maximum Gasteiger partial charge on any atom is 0.248 e. The average Bonchev–Trinajstić information content (AvgIpc) is 3.40. The summed E-state index contributed by atoms with van der Waals surface area (Å²) in [7, 11) is 1.58. The normalized spacial score (nSPS) is 32.4.